The normalized spacial score (nSPS) is 11.1. The van der Waals surface area contributed by atoms with E-state index in [1.54, 1.807) is 0 Å². The monoisotopic (exact) mass is 352 g/mol. The molecular weight excluding hydrogens is 332 g/mol. The molecule has 0 amide bonds. The van der Waals surface area contributed by atoms with E-state index in [4.69, 9.17) is 18.6 Å². The third-order valence-corrected chi connectivity index (χ3v) is 3.16. The van der Waals surface area contributed by atoms with Crippen molar-refractivity contribution < 1.29 is 33.4 Å². The summed E-state index contributed by atoms with van der Waals surface area (Å²) in [5.41, 5.74) is 3.67. The molecule has 1 aromatic heterocycles. The number of anilines is 1. The van der Waals surface area contributed by atoms with Gasteiger partial charge in [-0.2, -0.15) is 0 Å². The molecule has 130 valence electrons. The summed E-state index contributed by atoms with van der Waals surface area (Å²) >= 11 is 0. The van der Waals surface area contributed by atoms with Crippen LogP contribution in [-0.2, 0) is 6.54 Å². The average molecular weight is 353 g/mol. The van der Waals surface area contributed by atoms with E-state index in [1.807, 2.05) is 0 Å². The molecule has 6 nitrogen and oxygen atoms in total. The molecule has 0 saturated heterocycles. The molecule has 0 aliphatic rings. The predicted octanol–water partition coefficient (Wildman–Crippen LogP) is -1.53. The van der Waals surface area contributed by atoms with Crippen LogP contribution in [0.5, 0.6) is 0 Å². The van der Waals surface area contributed by atoms with Crippen LogP contribution in [0.4, 0.5) is 5.69 Å². The topological polar surface area (TPSA) is 99.4 Å². The van der Waals surface area contributed by atoms with Gasteiger partial charge in [-0.15, -0.1) is 10.2 Å². The van der Waals surface area contributed by atoms with Gasteiger partial charge in [0, 0.05) is 31.9 Å². The first-order valence-electron chi connectivity index (χ1n) is 7.25. The maximum atomic E-state index is 8.49. The van der Waals surface area contributed by atoms with Crippen molar-refractivity contribution in [2.24, 2.45) is 0 Å². The second-order valence-corrected chi connectivity index (χ2v) is 5.92. The molecule has 0 N–H and O–H groups in total. The highest BCUT2D eigenvalue weighted by Crippen LogP contribution is 2.14. The highest BCUT2D eigenvalue weighted by atomic mass is 35.7. The molecule has 0 saturated carbocycles. The third kappa shape index (κ3) is 8.61. The molecule has 1 heterocycles. The fourth-order valence-corrected chi connectivity index (χ4v) is 1.87. The largest absolute Gasteiger partial charge is 0.378 e. The predicted molar refractivity (Wildman–Crippen MR) is 82.0 cm³/mol. The van der Waals surface area contributed by atoms with Gasteiger partial charge in [-0.1, -0.05) is 24.3 Å². The smallest absolute Gasteiger partial charge is 0.169 e. The minimum atomic E-state index is -4.94. The lowest BCUT2D eigenvalue weighted by atomic mass is 10.1. The molecule has 0 spiro atoms. The molecule has 7 heteroatoms. The summed E-state index contributed by atoms with van der Waals surface area (Å²) in [5, 5.41) is 0. The van der Waals surface area contributed by atoms with Crippen molar-refractivity contribution in [1.82, 2.24) is 0 Å². The number of rotatable bonds is 4. The van der Waals surface area contributed by atoms with E-state index in [9.17, 15) is 0 Å². The van der Waals surface area contributed by atoms with E-state index in [2.05, 4.69) is 91.4 Å². The number of hydrogen-bond acceptors (Lipinski definition) is 5. The van der Waals surface area contributed by atoms with E-state index < -0.39 is 10.2 Å². The maximum absolute atomic E-state index is 8.49. The number of hydrogen-bond donors (Lipinski definition) is 0. The van der Waals surface area contributed by atoms with Gasteiger partial charge in [0.1, 0.15) is 6.54 Å². The molecule has 0 aliphatic heterocycles. The van der Waals surface area contributed by atoms with Crippen LogP contribution in [0.1, 0.15) is 18.1 Å². The summed E-state index contributed by atoms with van der Waals surface area (Å²) in [5.74, 6) is 0. The second-order valence-electron chi connectivity index (χ2n) is 5.16. The Hall–Kier alpha value is -1.96. The molecule has 0 unspecified atom stereocenters. The number of pyridine rings is 1. The first-order chi connectivity index (χ1) is 11.2. The van der Waals surface area contributed by atoms with Crippen molar-refractivity contribution >= 4 is 17.8 Å². The Bertz CT molecular complexity index is 629. The van der Waals surface area contributed by atoms with Crippen molar-refractivity contribution in [2.75, 3.05) is 19.0 Å². The highest BCUT2D eigenvalue weighted by Gasteiger charge is 1.96. The summed E-state index contributed by atoms with van der Waals surface area (Å²) in [6, 6.07) is 12.8. The van der Waals surface area contributed by atoms with Crippen LogP contribution in [0, 0.1) is 10.2 Å². The van der Waals surface area contributed by atoms with Gasteiger partial charge in [-0.25, -0.2) is 23.2 Å². The van der Waals surface area contributed by atoms with Crippen molar-refractivity contribution in [1.29, 1.82) is 0 Å². The number of nitrogens with zero attached hydrogens (tertiary/aromatic N) is 2. The van der Waals surface area contributed by atoms with Gasteiger partial charge < -0.3 is 4.90 Å². The van der Waals surface area contributed by atoms with Gasteiger partial charge >= 0.3 is 0 Å². The maximum Gasteiger partial charge on any atom is 0.169 e. The first kappa shape index (κ1) is 20.1. The molecule has 24 heavy (non-hydrogen) atoms. The van der Waals surface area contributed by atoms with E-state index in [0.717, 1.165) is 6.54 Å². The van der Waals surface area contributed by atoms with Crippen LogP contribution in [0.2, 0.25) is 0 Å². The van der Waals surface area contributed by atoms with Gasteiger partial charge in [-0.05, 0) is 30.2 Å². The van der Waals surface area contributed by atoms with Gasteiger partial charge in [0.2, 0.25) is 0 Å². The minimum absolute atomic E-state index is 1.01. The molecule has 0 atom stereocenters. The Kier molecular flexibility index (Phi) is 7.84. The molecule has 1 aromatic carbocycles. The summed E-state index contributed by atoms with van der Waals surface area (Å²) < 4.78 is 36.1. The van der Waals surface area contributed by atoms with Gasteiger partial charge in [0.25, 0.3) is 0 Å². The van der Waals surface area contributed by atoms with Gasteiger partial charge in [0.05, 0.1) is 0 Å². The van der Waals surface area contributed by atoms with Crippen LogP contribution in [-0.4, -0.2) is 14.1 Å². The number of aryl methyl sites for hydroxylation is 1. The van der Waals surface area contributed by atoms with Gasteiger partial charge in [-0.3, -0.25) is 0 Å². The van der Waals surface area contributed by atoms with Gasteiger partial charge in [0.15, 0.2) is 12.4 Å². The Morgan fingerprint density at radius 2 is 1.29 bits per heavy atom. The van der Waals surface area contributed by atoms with Crippen molar-refractivity contribution in [3.63, 3.8) is 0 Å². The molecule has 2 rings (SSSR count). The molecular formula is C17H21ClN2O4. The third-order valence-electron chi connectivity index (χ3n) is 3.16. The zero-order chi connectivity index (χ0) is 18.2. The van der Waals surface area contributed by atoms with E-state index >= 15 is 0 Å². The molecule has 2 aromatic rings. The Balaban J connectivity index is 0.000000505. The van der Waals surface area contributed by atoms with E-state index in [-0.39, 0.29) is 0 Å². The minimum Gasteiger partial charge on any atom is -0.378 e. The summed E-state index contributed by atoms with van der Waals surface area (Å²) in [4.78, 5) is 2.11. The lowest BCUT2D eigenvalue weighted by Crippen LogP contribution is -2.68. The van der Waals surface area contributed by atoms with Crippen LogP contribution >= 0.6 is 0 Å². The van der Waals surface area contributed by atoms with Crippen LogP contribution in [0.15, 0.2) is 48.8 Å². The van der Waals surface area contributed by atoms with Crippen LogP contribution in [0.25, 0.3) is 12.2 Å². The first-order valence-corrected chi connectivity index (χ1v) is 8.49. The molecule has 0 aliphatic carbocycles. The average Bonchev–Trinajstić information content (AvgIpc) is 2.52. The fraction of sp³-hybridized carbons (Fsp3) is 0.235. The Morgan fingerprint density at radius 3 is 1.67 bits per heavy atom. The summed E-state index contributed by atoms with van der Waals surface area (Å²) in [6.45, 7) is 3.15. The lowest BCUT2D eigenvalue weighted by Gasteiger charge is -2.17. The zero-order valence-electron chi connectivity index (χ0n) is 13.9. The standard InChI is InChI=1S/C17H21N2.ClHO4/c1-4-19-13-11-16(12-14-19)6-5-15-7-9-17(10-8-15)18(2)3;2-1(3,4)5/h5-14H,4H2,1-3H3;(H,2,3,4,5)/q+1;/p-1. The zero-order valence-corrected chi connectivity index (χ0v) is 14.6. The summed E-state index contributed by atoms with van der Waals surface area (Å²) in [7, 11) is -0.838. The van der Waals surface area contributed by atoms with Crippen LogP contribution in [0.3, 0.4) is 0 Å². The number of halogens is 1. The van der Waals surface area contributed by atoms with E-state index in [1.165, 1.54) is 16.8 Å². The molecule has 0 radical (unpaired) electrons. The highest BCUT2D eigenvalue weighted by molar-refractivity contribution is 5.70. The van der Waals surface area contributed by atoms with Crippen molar-refractivity contribution in [3.05, 3.63) is 59.9 Å². The SMILES string of the molecule is CC[n+]1ccc(C=Cc2ccc(N(C)C)cc2)cc1.[O-][Cl+3]([O-])([O-])[O-]. The summed E-state index contributed by atoms with van der Waals surface area (Å²) in [6.07, 6.45) is 8.50. The number of aromatic nitrogens is 1. The second kappa shape index (κ2) is 9.36. The van der Waals surface area contributed by atoms with Crippen molar-refractivity contribution in [2.45, 2.75) is 13.5 Å². The fourth-order valence-electron chi connectivity index (χ4n) is 1.87. The van der Waals surface area contributed by atoms with Crippen LogP contribution < -0.4 is 28.1 Å². The quantitative estimate of drug-likeness (QED) is 0.622. The lowest BCUT2D eigenvalue weighted by molar-refractivity contribution is -2.00. The number of benzene rings is 1. The van der Waals surface area contributed by atoms with E-state index in [0.29, 0.717) is 0 Å². The Morgan fingerprint density at radius 1 is 0.875 bits per heavy atom. The Labute approximate surface area is 144 Å². The van der Waals surface area contributed by atoms with Crippen molar-refractivity contribution in [3.8, 4) is 0 Å². The molecule has 0 bridgehead atoms. The molecule has 0 fully saturated rings.